The molecule has 1 heterocycles. The van der Waals surface area contributed by atoms with Crippen LogP contribution >= 0.6 is 0 Å². The largest absolute Gasteiger partial charge is 0.294 e. The lowest BCUT2D eigenvalue weighted by molar-refractivity contribution is 0.459. The molecule has 0 aromatic carbocycles. The minimum atomic E-state index is 0.176. The zero-order valence-corrected chi connectivity index (χ0v) is 6.76. The first-order valence-corrected chi connectivity index (χ1v) is 3.44. The van der Waals surface area contributed by atoms with E-state index in [0.717, 1.165) is 0 Å². The van der Waals surface area contributed by atoms with Crippen LogP contribution in [0.1, 0.15) is 20.8 Å². The van der Waals surface area contributed by atoms with Crippen molar-refractivity contribution in [3.05, 3.63) is 24.0 Å². The normalized spacial score (nSPS) is 22.8. The average molecular weight is 138 g/mol. The Morgan fingerprint density at radius 1 is 1.50 bits per heavy atom. The van der Waals surface area contributed by atoms with Gasteiger partial charge in [-0.1, -0.05) is 19.9 Å². The molecule has 0 aromatic heterocycles. The highest BCUT2D eigenvalue weighted by molar-refractivity contribution is 5.21. The van der Waals surface area contributed by atoms with Gasteiger partial charge in [0.2, 0.25) is 0 Å². The van der Waals surface area contributed by atoms with Crippen LogP contribution in [0.3, 0.4) is 0 Å². The minimum Gasteiger partial charge on any atom is -0.294 e. The zero-order chi connectivity index (χ0) is 7.78. The van der Waals surface area contributed by atoms with Crippen LogP contribution in [-0.4, -0.2) is 5.01 Å². The van der Waals surface area contributed by atoms with Gasteiger partial charge in [-0.2, -0.15) is 0 Å². The molecule has 2 nitrogen and oxygen atoms in total. The number of hydrazine groups is 1. The third-order valence-electron chi connectivity index (χ3n) is 2.02. The van der Waals surface area contributed by atoms with Gasteiger partial charge in [-0.15, -0.1) is 0 Å². The van der Waals surface area contributed by atoms with Gasteiger partial charge in [-0.3, -0.25) is 5.01 Å². The predicted molar refractivity (Wildman–Crippen MR) is 42.7 cm³/mol. The van der Waals surface area contributed by atoms with Crippen LogP contribution in [0.4, 0.5) is 0 Å². The van der Waals surface area contributed by atoms with Gasteiger partial charge >= 0.3 is 0 Å². The molecule has 1 aliphatic rings. The summed E-state index contributed by atoms with van der Waals surface area (Å²) >= 11 is 0. The second-order valence-electron chi connectivity index (χ2n) is 3.30. The highest BCUT2D eigenvalue weighted by atomic mass is 15.4. The van der Waals surface area contributed by atoms with Gasteiger partial charge in [0.1, 0.15) is 0 Å². The molecule has 0 spiro atoms. The van der Waals surface area contributed by atoms with Crippen molar-refractivity contribution in [3.8, 4) is 0 Å². The molecule has 0 atom stereocenters. The van der Waals surface area contributed by atoms with E-state index in [0.29, 0.717) is 0 Å². The Kier molecular flexibility index (Phi) is 1.57. The molecular weight excluding hydrogens is 124 g/mol. The number of hydrogen-bond donors (Lipinski definition) is 1. The topological polar surface area (TPSA) is 29.3 Å². The fourth-order valence-corrected chi connectivity index (χ4v) is 0.837. The van der Waals surface area contributed by atoms with Gasteiger partial charge in [0.05, 0.1) is 0 Å². The number of nitrogens with two attached hydrogens (primary N) is 1. The molecule has 0 bridgehead atoms. The number of allylic oxidation sites excluding steroid dienone is 2. The van der Waals surface area contributed by atoms with Crippen molar-refractivity contribution in [2.75, 3.05) is 0 Å². The fraction of sp³-hybridized carbons (Fsp3) is 0.500. The van der Waals surface area contributed by atoms with Gasteiger partial charge in [0.15, 0.2) is 0 Å². The van der Waals surface area contributed by atoms with Gasteiger partial charge in [-0.25, -0.2) is 5.84 Å². The Bertz CT molecular complexity index is 189. The molecule has 0 aliphatic carbocycles. The Morgan fingerprint density at radius 3 is 2.50 bits per heavy atom. The van der Waals surface area contributed by atoms with E-state index in [1.165, 1.54) is 5.57 Å². The van der Waals surface area contributed by atoms with Crippen LogP contribution in [0, 0.1) is 5.41 Å². The van der Waals surface area contributed by atoms with Crippen molar-refractivity contribution < 1.29 is 0 Å². The third-order valence-corrected chi connectivity index (χ3v) is 2.02. The van der Waals surface area contributed by atoms with E-state index in [-0.39, 0.29) is 5.41 Å². The maximum Gasteiger partial charge on any atom is 0.0204 e. The molecule has 1 aliphatic heterocycles. The smallest absolute Gasteiger partial charge is 0.0204 e. The van der Waals surface area contributed by atoms with Crippen molar-refractivity contribution in [3.63, 3.8) is 0 Å². The zero-order valence-electron chi connectivity index (χ0n) is 6.76. The molecule has 0 saturated heterocycles. The molecule has 0 saturated carbocycles. The van der Waals surface area contributed by atoms with Crippen molar-refractivity contribution in [1.29, 1.82) is 0 Å². The van der Waals surface area contributed by atoms with Crippen LogP contribution in [0.15, 0.2) is 24.0 Å². The lowest BCUT2D eigenvalue weighted by Gasteiger charge is -2.27. The van der Waals surface area contributed by atoms with E-state index in [9.17, 15) is 0 Å². The van der Waals surface area contributed by atoms with Crippen molar-refractivity contribution >= 4 is 0 Å². The van der Waals surface area contributed by atoms with Crippen molar-refractivity contribution in [2.24, 2.45) is 11.3 Å². The summed E-state index contributed by atoms with van der Waals surface area (Å²) in [5.74, 6) is 5.52. The number of rotatable bonds is 0. The summed E-state index contributed by atoms with van der Waals surface area (Å²) in [5.41, 5.74) is 1.47. The van der Waals surface area contributed by atoms with Gasteiger partial charge < -0.3 is 0 Å². The monoisotopic (exact) mass is 138 g/mol. The summed E-state index contributed by atoms with van der Waals surface area (Å²) in [7, 11) is 0. The SMILES string of the molecule is CC1=CN(N)C=CC1(C)C. The first-order chi connectivity index (χ1) is 4.52. The van der Waals surface area contributed by atoms with Crippen molar-refractivity contribution in [2.45, 2.75) is 20.8 Å². The standard InChI is InChI=1S/C8H14N2/c1-7-6-10(9)5-4-8(7,2)3/h4-6H,9H2,1-3H3. The molecule has 0 unspecified atom stereocenters. The summed E-state index contributed by atoms with van der Waals surface area (Å²) in [6.07, 6.45) is 5.93. The fourth-order valence-electron chi connectivity index (χ4n) is 0.837. The second kappa shape index (κ2) is 2.13. The maximum atomic E-state index is 5.52. The molecule has 0 amide bonds. The van der Waals surface area contributed by atoms with Crippen LogP contribution in [-0.2, 0) is 0 Å². The van der Waals surface area contributed by atoms with Crippen LogP contribution < -0.4 is 5.84 Å². The molecule has 10 heavy (non-hydrogen) atoms. The van der Waals surface area contributed by atoms with E-state index in [4.69, 9.17) is 5.84 Å². The van der Waals surface area contributed by atoms with E-state index in [1.54, 1.807) is 5.01 Å². The summed E-state index contributed by atoms with van der Waals surface area (Å²) < 4.78 is 0. The first-order valence-electron chi connectivity index (χ1n) is 3.44. The van der Waals surface area contributed by atoms with Crippen LogP contribution in [0.2, 0.25) is 0 Å². The molecule has 1 rings (SSSR count). The van der Waals surface area contributed by atoms with Crippen molar-refractivity contribution in [1.82, 2.24) is 5.01 Å². The number of hydrogen-bond acceptors (Lipinski definition) is 2. The van der Waals surface area contributed by atoms with Gasteiger partial charge in [-0.05, 0) is 12.5 Å². The summed E-state index contributed by atoms with van der Waals surface area (Å²) in [6.45, 7) is 6.42. The molecular formula is C8H14N2. The van der Waals surface area contributed by atoms with Gasteiger partial charge in [0.25, 0.3) is 0 Å². The van der Waals surface area contributed by atoms with E-state index < -0.39 is 0 Å². The third kappa shape index (κ3) is 1.21. The molecule has 0 fully saturated rings. The predicted octanol–water partition coefficient (Wildman–Crippen LogP) is 1.62. The van der Waals surface area contributed by atoms with E-state index in [1.807, 2.05) is 12.4 Å². The summed E-state index contributed by atoms with van der Waals surface area (Å²) in [4.78, 5) is 0. The lowest BCUT2D eigenvalue weighted by atomic mass is 9.84. The number of nitrogens with zero attached hydrogens (tertiary/aromatic N) is 1. The van der Waals surface area contributed by atoms with E-state index in [2.05, 4.69) is 26.8 Å². The molecule has 56 valence electrons. The summed E-state index contributed by atoms with van der Waals surface area (Å²) in [6, 6.07) is 0. The Balaban J connectivity index is 2.87. The van der Waals surface area contributed by atoms with Crippen LogP contribution in [0.25, 0.3) is 0 Å². The summed E-state index contributed by atoms with van der Waals surface area (Å²) in [5, 5.41) is 1.58. The quantitative estimate of drug-likeness (QED) is 0.515. The molecule has 0 radical (unpaired) electrons. The first kappa shape index (κ1) is 7.35. The Labute approximate surface area is 62.0 Å². The second-order valence-corrected chi connectivity index (χ2v) is 3.30. The lowest BCUT2D eigenvalue weighted by Crippen LogP contribution is -2.26. The van der Waals surface area contributed by atoms with Crippen LogP contribution in [0.5, 0.6) is 0 Å². The highest BCUT2D eigenvalue weighted by Crippen LogP contribution is 2.29. The highest BCUT2D eigenvalue weighted by Gasteiger charge is 2.19. The molecule has 2 N–H and O–H groups in total. The Morgan fingerprint density at radius 2 is 2.10 bits per heavy atom. The van der Waals surface area contributed by atoms with Gasteiger partial charge in [0, 0.05) is 17.8 Å². The Hall–Kier alpha value is -0.760. The molecule has 0 aromatic rings. The maximum absolute atomic E-state index is 5.52. The minimum absolute atomic E-state index is 0.176. The molecule has 2 heteroatoms. The average Bonchev–Trinajstić information content (AvgIpc) is 1.81. The van der Waals surface area contributed by atoms with E-state index >= 15 is 0 Å².